The minimum absolute atomic E-state index is 0.570. The summed E-state index contributed by atoms with van der Waals surface area (Å²) in [6.07, 6.45) is 6.63. The van der Waals surface area contributed by atoms with Crippen molar-refractivity contribution in [1.82, 2.24) is 14.9 Å². The van der Waals surface area contributed by atoms with Crippen LogP contribution in [0, 0.1) is 6.92 Å². The third-order valence-electron chi connectivity index (χ3n) is 3.58. The fourth-order valence-electron chi connectivity index (χ4n) is 2.48. The van der Waals surface area contributed by atoms with Crippen LogP contribution < -0.4 is 5.32 Å². The zero-order valence-corrected chi connectivity index (χ0v) is 11.0. The topological polar surface area (TPSA) is 41.0 Å². The Hall–Kier alpha value is -1.16. The molecule has 1 aromatic heterocycles. The molecule has 1 fully saturated rings. The van der Waals surface area contributed by atoms with Gasteiger partial charge in [0.25, 0.3) is 0 Å². The smallest absolute Gasteiger partial charge is 0.129 e. The molecular weight excluding hydrogens is 212 g/mol. The summed E-state index contributed by atoms with van der Waals surface area (Å²) in [6, 6.07) is 3.33. The number of aryl methyl sites for hydroxylation is 1. The second-order valence-corrected chi connectivity index (χ2v) is 5.16. The number of hydrogen-bond acceptors (Lipinski definition) is 4. The van der Waals surface area contributed by atoms with Gasteiger partial charge in [-0.05, 0) is 46.7 Å². The SMILES string of the molecule is Cc1cc(NC2CCC(N(C)C)CC2)ncn1. The van der Waals surface area contributed by atoms with Crippen molar-refractivity contribution in [2.24, 2.45) is 0 Å². The number of nitrogens with zero attached hydrogens (tertiary/aromatic N) is 3. The second kappa shape index (κ2) is 5.45. The summed E-state index contributed by atoms with van der Waals surface area (Å²) in [5, 5.41) is 3.51. The molecule has 0 atom stereocenters. The molecule has 4 nitrogen and oxygen atoms in total. The Morgan fingerprint density at radius 2 is 1.88 bits per heavy atom. The number of rotatable bonds is 3. The van der Waals surface area contributed by atoms with Crippen molar-refractivity contribution in [2.45, 2.75) is 44.7 Å². The van der Waals surface area contributed by atoms with Gasteiger partial charge < -0.3 is 10.2 Å². The lowest BCUT2D eigenvalue weighted by atomic mass is 9.90. The van der Waals surface area contributed by atoms with E-state index in [0.717, 1.165) is 17.6 Å². The predicted molar refractivity (Wildman–Crippen MR) is 70.1 cm³/mol. The zero-order valence-electron chi connectivity index (χ0n) is 11.0. The average Bonchev–Trinajstić information content (AvgIpc) is 2.29. The zero-order chi connectivity index (χ0) is 12.3. The second-order valence-electron chi connectivity index (χ2n) is 5.16. The molecule has 0 spiro atoms. The fraction of sp³-hybridized carbons (Fsp3) is 0.692. The van der Waals surface area contributed by atoms with Crippen LogP contribution in [0.5, 0.6) is 0 Å². The van der Waals surface area contributed by atoms with Gasteiger partial charge in [0.2, 0.25) is 0 Å². The molecule has 0 amide bonds. The molecule has 1 heterocycles. The molecule has 1 aliphatic carbocycles. The molecule has 1 aromatic rings. The molecule has 4 heteroatoms. The van der Waals surface area contributed by atoms with Gasteiger partial charge in [-0.3, -0.25) is 0 Å². The number of anilines is 1. The highest BCUT2D eigenvalue weighted by atomic mass is 15.1. The van der Waals surface area contributed by atoms with Gasteiger partial charge in [0.15, 0.2) is 0 Å². The van der Waals surface area contributed by atoms with E-state index < -0.39 is 0 Å². The van der Waals surface area contributed by atoms with Crippen LogP contribution >= 0.6 is 0 Å². The lowest BCUT2D eigenvalue weighted by molar-refractivity contribution is 0.221. The lowest BCUT2D eigenvalue weighted by Crippen LogP contribution is -2.36. The molecule has 0 aromatic carbocycles. The third-order valence-corrected chi connectivity index (χ3v) is 3.58. The summed E-state index contributed by atoms with van der Waals surface area (Å²) < 4.78 is 0. The van der Waals surface area contributed by atoms with Crippen molar-refractivity contribution in [3.8, 4) is 0 Å². The van der Waals surface area contributed by atoms with Crippen LogP contribution in [-0.4, -0.2) is 41.0 Å². The highest BCUT2D eigenvalue weighted by Gasteiger charge is 2.22. The van der Waals surface area contributed by atoms with E-state index in [0.29, 0.717) is 6.04 Å². The quantitative estimate of drug-likeness (QED) is 0.869. The predicted octanol–water partition coefficient (Wildman–Crippen LogP) is 2.07. The average molecular weight is 234 g/mol. The summed E-state index contributed by atoms with van der Waals surface area (Å²) in [5.74, 6) is 0.964. The van der Waals surface area contributed by atoms with Gasteiger partial charge in [0.1, 0.15) is 12.1 Å². The van der Waals surface area contributed by atoms with Crippen molar-refractivity contribution in [1.29, 1.82) is 0 Å². The molecule has 1 saturated carbocycles. The first-order valence-electron chi connectivity index (χ1n) is 6.37. The lowest BCUT2D eigenvalue weighted by Gasteiger charge is -2.33. The molecule has 94 valence electrons. The molecule has 0 unspecified atom stereocenters. The van der Waals surface area contributed by atoms with Gasteiger partial charge in [0.05, 0.1) is 0 Å². The summed E-state index contributed by atoms with van der Waals surface area (Å²) in [7, 11) is 4.35. The maximum absolute atomic E-state index is 4.26. The van der Waals surface area contributed by atoms with Gasteiger partial charge in [-0.2, -0.15) is 0 Å². The molecule has 0 radical (unpaired) electrons. The normalized spacial score (nSPS) is 24.9. The third kappa shape index (κ3) is 3.40. The summed E-state index contributed by atoms with van der Waals surface area (Å²) in [4.78, 5) is 10.7. The first-order chi connectivity index (χ1) is 8.15. The first kappa shape index (κ1) is 12.3. The number of nitrogens with one attached hydrogen (secondary N) is 1. The Labute approximate surface area is 103 Å². The highest BCUT2D eigenvalue weighted by Crippen LogP contribution is 2.23. The molecule has 0 aliphatic heterocycles. The van der Waals surface area contributed by atoms with Crippen molar-refractivity contribution >= 4 is 5.82 Å². The van der Waals surface area contributed by atoms with E-state index in [1.54, 1.807) is 6.33 Å². The van der Waals surface area contributed by atoms with E-state index in [4.69, 9.17) is 0 Å². The Kier molecular flexibility index (Phi) is 3.94. The number of hydrogen-bond donors (Lipinski definition) is 1. The first-order valence-corrected chi connectivity index (χ1v) is 6.37. The van der Waals surface area contributed by atoms with Crippen LogP contribution in [0.4, 0.5) is 5.82 Å². The monoisotopic (exact) mass is 234 g/mol. The Bertz CT molecular complexity index is 356. The van der Waals surface area contributed by atoms with E-state index in [1.807, 2.05) is 13.0 Å². The highest BCUT2D eigenvalue weighted by molar-refractivity contribution is 5.35. The summed E-state index contributed by atoms with van der Waals surface area (Å²) >= 11 is 0. The minimum atomic E-state index is 0.570. The van der Waals surface area contributed by atoms with Crippen molar-refractivity contribution < 1.29 is 0 Å². The Morgan fingerprint density at radius 1 is 1.18 bits per heavy atom. The number of aromatic nitrogens is 2. The maximum atomic E-state index is 4.26. The van der Waals surface area contributed by atoms with E-state index in [-0.39, 0.29) is 0 Å². The fourth-order valence-corrected chi connectivity index (χ4v) is 2.48. The van der Waals surface area contributed by atoms with Gasteiger partial charge >= 0.3 is 0 Å². The van der Waals surface area contributed by atoms with Crippen molar-refractivity contribution in [3.05, 3.63) is 18.1 Å². The van der Waals surface area contributed by atoms with Crippen LogP contribution in [0.2, 0.25) is 0 Å². The maximum Gasteiger partial charge on any atom is 0.129 e. The molecule has 1 aliphatic rings. The van der Waals surface area contributed by atoms with Crippen LogP contribution in [0.25, 0.3) is 0 Å². The molecule has 2 rings (SSSR count). The van der Waals surface area contributed by atoms with E-state index in [9.17, 15) is 0 Å². The van der Waals surface area contributed by atoms with Gasteiger partial charge in [0, 0.05) is 23.8 Å². The summed E-state index contributed by atoms with van der Waals surface area (Å²) in [5.41, 5.74) is 1.02. The Morgan fingerprint density at radius 3 is 2.47 bits per heavy atom. The minimum Gasteiger partial charge on any atom is -0.367 e. The van der Waals surface area contributed by atoms with Crippen molar-refractivity contribution in [3.63, 3.8) is 0 Å². The van der Waals surface area contributed by atoms with Crippen LogP contribution in [-0.2, 0) is 0 Å². The molecule has 0 saturated heterocycles. The standard InChI is InChI=1S/C13H22N4/c1-10-8-13(15-9-14-10)16-11-4-6-12(7-5-11)17(2)3/h8-9,11-12H,4-7H2,1-3H3,(H,14,15,16). The van der Waals surface area contributed by atoms with Gasteiger partial charge in [-0.15, -0.1) is 0 Å². The van der Waals surface area contributed by atoms with E-state index in [1.165, 1.54) is 25.7 Å². The molecular formula is C13H22N4. The van der Waals surface area contributed by atoms with Gasteiger partial charge in [-0.1, -0.05) is 0 Å². The van der Waals surface area contributed by atoms with Crippen LogP contribution in [0.15, 0.2) is 12.4 Å². The molecule has 1 N–H and O–H groups in total. The van der Waals surface area contributed by atoms with Crippen molar-refractivity contribution in [2.75, 3.05) is 19.4 Å². The Balaban J connectivity index is 1.86. The van der Waals surface area contributed by atoms with Crippen LogP contribution in [0.1, 0.15) is 31.4 Å². The largest absolute Gasteiger partial charge is 0.367 e. The van der Waals surface area contributed by atoms with E-state index >= 15 is 0 Å². The molecule has 0 bridgehead atoms. The summed E-state index contributed by atoms with van der Waals surface area (Å²) in [6.45, 7) is 2.00. The molecule has 17 heavy (non-hydrogen) atoms. The van der Waals surface area contributed by atoms with Gasteiger partial charge in [-0.25, -0.2) is 9.97 Å². The van der Waals surface area contributed by atoms with Crippen LogP contribution in [0.3, 0.4) is 0 Å². The van der Waals surface area contributed by atoms with E-state index in [2.05, 4.69) is 34.3 Å².